The van der Waals surface area contributed by atoms with Crippen LogP contribution in [0.3, 0.4) is 0 Å². The first-order valence-electron chi connectivity index (χ1n) is 2.36. The summed E-state index contributed by atoms with van der Waals surface area (Å²) in [6, 6.07) is 1.26. The second-order valence-corrected chi connectivity index (χ2v) is 2.65. The normalized spacial score (nSPS) is 11.9. The average Bonchev–Trinajstić information content (AvgIpc) is 2.12. The van der Waals surface area contributed by atoms with Gasteiger partial charge in [-0.3, -0.25) is 0 Å². The lowest BCUT2D eigenvalue weighted by Crippen LogP contribution is -1.97. The van der Waals surface area contributed by atoms with E-state index in [2.05, 4.69) is 4.42 Å². The molecule has 1 aromatic rings. The molecule has 1 nitrogen and oxygen atoms in total. The van der Waals surface area contributed by atoms with E-state index in [1.807, 2.05) is 0 Å². The molecule has 0 amide bonds. The molecule has 5 heteroatoms. The third-order valence-corrected chi connectivity index (χ3v) is 1.43. The molecule has 1 aromatic heterocycles. The summed E-state index contributed by atoms with van der Waals surface area (Å²) >= 11 is -0.186. The summed E-state index contributed by atoms with van der Waals surface area (Å²) < 4.78 is 39.1. The van der Waals surface area contributed by atoms with E-state index >= 15 is 0 Å². The van der Waals surface area contributed by atoms with Crippen LogP contribution in [0.5, 0.6) is 0 Å². The molecule has 0 saturated carbocycles. The standard InChI is InChI=1S/C5H3F3OS/c6-5(7,8)10-4-1-2-9-3-4/h1-3H. The molecule has 0 N–H and O–H groups in total. The van der Waals surface area contributed by atoms with Gasteiger partial charge in [-0.1, -0.05) is 0 Å². The van der Waals surface area contributed by atoms with Crippen LogP contribution in [0, 0.1) is 0 Å². The Hall–Kier alpha value is -0.580. The molecule has 0 aliphatic heterocycles. The summed E-state index contributed by atoms with van der Waals surface area (Å²) in [4.78, 5) is 0.0764. The van der Waals surface area contributed by atoms with Crippen LogP contribution in [-0.2, 0) is 0 Å². The Labute approximate surface area is 59.2 Å². The van der Waals surface area contributed by atoms with Gasteiger partial charge in [0, 0.05) is 0 Å². The van der Waals surface area contributed by atoms with Crippen molar-refractivity contribution in [2.24, 2.45) is 0 Å². The number of furan rings is 1. The fourth-order valence-corrected chi connectivity index (χ4v) is 0.938. The summed E-state index contributed by atoms with van der Waals surface area (Å²) in [6.45, 7) is 0. The van der Waals surface area contributed by atoms with Crippen molar-refractivity contribution in [2.45, 2.75) is 10.4 Å². The monoisotopic (exact) mass is 168 g/mol. The van der Waals surface area contributed by atoms with Crippen molar-refractivity contribution >= 4 is 11.8 Å². The zero-order valence-electron chi connectivity index (χ0n) is 4.68. The van der Waals surface area contributed by atoms with Crippen LogP contribution in [0.2, 0.25) is 0 Å². The lowest BCUT2D eigenvalue weighted by atomic mass is 10.7. The highest BCUT2D eigenvalue weighted by Crippen LogP contribution is 2.36. The number of hydrogen-bond acceptors (Lipinski definition) is 2. The Morgan fingerprint density at radius 1 is 1.40 bits per heavy atom. The van der Waals surface area contributed by atoms with Crippen molar-refractivity contribution in [1.82, 2.24) is 0 Å². The Balaban J connectivity index is 2.57. The number of halogens is 3. The van der Waals surface area contributed by atoms with E-state index in [-0.39, 0.29) is 16.7 Å². The van der Waals surface area contributed by atoms with Gasteiger partial charge in [-0.15, -0.1) is 0 Å². The van der Waals surface area contributed by atoms with Gasteiger partial charge in [-0.25, -0.2) is 0 Å². The topological polar surface area (TPSA) is 13.1 Å². The van der Waals surface area contributed by atoms with Crippen LogP contribution in [0.15, 0.2) is 27.9 Å². The molecule has 0 fully saturated rings. The Morgan fingerprint density at radius 2 is 2.10 bits per heavy atom. The number of thioether (sulfide) groups is 1. The highest BCUT2D eigenvalue weighted by atomic mass is 32.2. The molecule has 0 aliphatic rings. The lowest BCUT2D eigenvalue weighted by Gasteiger charge is -2.00. The zero-order chi connectivity index (χ0) is 7.61. The Morgan fingerprint density at radius 3 is 2.50 bits per heavy atom. The van der Waals surface area contributed by atoms with Gasteiger partial charge in [0.2, 0.25) is 0 Å². The Kier molecular flexibility index (Phi) is 1.94. The number of rotatable bonds is 1. The second-order valence-electron chi connectivity index (χ2n) is 1.51. The highest BCUT2D eigenvalue weighted by molar-refractivity contribution is 8.00. The molecule has 0 atom stereocenters. The fraction of sp³-hybridized carbons (Fsp3) is 0.200. The first-order chi connectivity index (χ1) is 4.58. The molecule has 1 rings (SSSR count). The van der Waals surface area contributed by atoms with Crippen molar-refractivity contribution in [1.29, 1.82) is 0 Å². The maximum atomic E-state index is 11.5. The minimum Gasteiger partial charge on any atom is -0.471 e. The minimum absolute atomic E-state index is 0.0764. The van der Waals surface area contributed by atoms with Gasteiger partial charge in [0.15, 0.2) is 0 Å². The third kappa shape index (κ3) is 2.34. The molecular weight excluding hydrogens is 165 g/mol. The first kappa shape index (κ1) is 7.53. The van der Waals surface area contributed by atoms with Gasteiger partial charge in [0.1, 0.15) is 6.26 Å². The van der Waals surface area contributed by atoms with Gasteiger partial charge in [-0.05, 0) is 17.8 Å². The van der Waals surface area contributed by atoms with E-state index in [0.717, 1.165) is 6.26 Å². The Bertz CT molecular complexity index is 191. The maximum absolute atomic E-state index is 11.5. The van der Waals surface area contributed by atoms with Crippen molar-refractivity contribution in [3.8, 4) is 0 Å². The van der Waals surface area contributed by atoms with Crippen molar-refractivity contribution in [3.63, 3.8) is 0 Å². The smallest absolute Gasteiger partial charge is 0.446 e. The highest BCUT2D eigenvalue weighted by Gasteiger charge is 2.29. The molecule has 1 heterocycles. The second kappa shape index (κ2) is 2.57. The van der Waals surface area contributed by atoms with Crippen LogP contribution in [0.1, 0.15) is 0 Å². The van der Waals surface area contributed by atoms with Crippen LogP contribution < -0.4 is 0 Å². The van der Waals surface area contributed by atoms with Gasteiger partial charge >= 0.3 is 5.51 Å². The molecule has 0 aliphatic carbocycles. The molecular formula is C5H3F3OS. The molecule has 10 heavy (non-hydrogen) atoms. The number of hydrogen-bond donors (Lipinski definition) is 0. The SMILES string of the molecule is FC(F)(F)Sc1ccoc1. The summed E-state index contributed by atoms with van der Waals surface area (Å²) in [7, 11) is 0. The van der Waals surface area contributed by atoms with Crippen molar-refractivity contribution < 1.29 is 17.6 Å². The predicted molar refractivity (Wildman–Crippen MR) is 30.6 cm³/mol. The van der Waals surface area contributed by atoms with Gasteiger partial charge in [-0.2, -0.15) is 13.2 Å². The lowest BCUT2D eigenvalue weighted by molar-refractivity contribution is -0.0328. The summed E-state index contributed by atoms with van der Waals surface area (Å²) in [5, 5.41) is 0. The van der Waals surface area contributed by atoms with Crippen LogP contribution in [0.25, 0.3) is 0 Å². The molecule has 0 radical (unpaired) electrons. The van der Waals surface area contributed by atoms with E-state index in [9.17, 15) is 13.2 Å². The third-order valence-electron chi connectivity index (χ3n) is 0.729. The van der Waals surface area contributed by atoms with Crippen molar-refractivity contribution in [3.05, 3.63) is 18.6 Å². The van der Waals surface area contributed by atoms with Crippen molar-refractivity contribution in [2.75, 3.05) is 0 Å². The average molecular weight is 168 g/mol. The van der Waals surface area contributed by atoms with E-state index in [1.165, 1.54) is 12.3 Å². The van der Waals surface area contributed by atoms with Gasteiger partial charge in [0.05, 0.1) is 11.2 Å². The summed E-state index contributed by atoms with van der Waals surface area (Å²) in [5.41, 5.74) is -4.22. The van der Waals surface area contributed by atoms with E-state index in [1.54, 1.807) is 0 Å². The largest absolute Gasteiger partial charge is 0.471 e. The molecule has 56 valence electrons. The van der Waals surface area contributed by atoms with E-state index in [4.69, 9.17) is 0 Å². The van der Waals surface area contributed by atoms with Crippen LogP contribution in [-0.4, -0.2) is 5.51 Å². The number of alkyl halides is 3. The fourth-order valence-electron chi connectivity index (χ4n) is 0.444. The first-order valence-corrected chi connectivity index (χ1v) is 3.17. The summed E-state index contributed by atoms with van der Waals surface area (Å²) in [6.07, 6.45) is 2.26. The van der Waals surface area contributed by atoms with E-state index in [0.29, 0.717) is 0 Å². The predicted octanol–water partition coefficient (Wildman–Crippen LogP) is 2.89. The van der Waals surface area contributed by atoms with Gasteiger partial charge in [0.25, 0.3) is 0 Å². The molecule has 0 spiro atoms. The minimum atomic E-state index is -4.22. The van der Waals surface area contributed by atoms with Crippen LogP contribution in [0.4, 0.5) is 13.2 Å². The quantitative estimate of drug-likeness (QED) is 0.598. The van der Waals surface area contributed by atoms with Gasteiger partial charge < -0.3 is 4.42 Å². The molecule has 0 unspecified atom stereocenters. The summed E-state index contributed by atoms with van der Waals surface area (Å²) in [5.74, 6) is 0. The van der Waals surface area contributed by atoms with Crippen LogP contribution >= 0.6 is 11.8 Å². The van der Waals surface area contributed by atoms with E-state index < -0.39 is 5.51 Å². The maximum Gasteiger partial charge on any atom is 0.446 e. The molecule has 0 saturated heterocycles. The molecule has 0 bridgehead atoms. The molecule has 0 aromatic carbocycles. The zero-order valence-corrected chi connectivity index (χ0v) is 5.50.